The van der Waals surface area contributed by atoms with Crippen LogP contribution in [0.15, 0.2) is 53.5 Å². The van der Waals surface area contributed by atoms with E-state index < -0.39 is 56.6 Å². The van der Waals surface area contributed by atoms with Crippen LogP contribution in [0.1, 0.15) is 29.2 Å². The first kappa shape index (κ1) is 29.3. The maximum atomic E-state index is 14.4. The summed E-state index contributed by atoms with van der Waals surface area (Å²) in [5.41, 5.74) is 0.00292. The van der Waals surface area contributed by atoms with Crippen LogP contribution in [0.4, 0.5) is 30.7 Å². The Labute approximate surface area is 213 Å². The molecule has 1 aliphatic rings. The molecule has 2 aromatic rings. The summed E-state index contributed by atoms with van der Waals surface area (Å²) in [6.45, 7) is 4.41. The van der Waals surface area contributed by atoms with Gasteiger partial charge in [0.2, 0.25) is 0 Å². The van der Waals surface area contributed by atoms with Crippen LogP contribution in [-0.4, -0.2) is 57.5 Å². The van der Waals surface area contributed by atoms with Crippen LogP contribution in [0, 0.1) is 0 Å². The predicted octanol–water partition coefficient (Wildman–Crippen LogP) is 5.54. The summed E-state index contributed by atoms with van der Waals surface area (Å²) in [7, 11) is -3.05. The molecule has 1 aliphatic carbocycles. The van der Waals surface area contributed by atoms with Gasteiger partial charge in [-0.05, 0) is 53.3 Å². The summed E-state index contributed by atoms with van der Waals surface area (Å²) >= 11 is 0. The summed E-state index contributed by atoms with van der Waals surface area (Å²) in [6, 6.07) is 7.99. The molecule has 38 heavy (non-hydrogen) atoms. The van der Waals surface area contributed by atoms with Crippen LogP contribution in [0.2, 0.25) is 0 Å². The summed E-state index contributed by atoms with van der Waals surface area (Å²) in [6.07, 6.45) is -6.21. The average molecular weight is 566 g/mol. The molecule has 206 valence electrons. The minimum Gasteiger partial charge on any atom is -0.461 e. The van der Waals surface area contributed by atoms with Crippen LogP contribution in [0.3, 0.4) is 0 Å². The van der Waals surface area contributed by atoms with Gasteiger partial charge in [0, 0.05) is 18.2 Å². The number of benzene rings is 2. The molecule has 0 unspecified atom stereocenters. The lowest BCUT2D eigenvalue weighted by atomic mass is 9.94. The van der Waals surface area contributed by atoms with E-state index in [2.05, 4.69) is 11.6 Å². The second-order valence-electron chi connectivity index (χ2n) is 8.77. The van der Waals surface area contributed by atoms with E-state index in [0.29, 0.717) is 35.7 Å². The number of sulfone groups is 1. The molecule has 0 spiro atoms. The zero-order valence-electron chi connectivity index (χ0n) is 20.1. The minimum atomic E-state index is -6.51. The fourth-order valence-corrected chi connectivity index (χ4v) is 5.11. The normalized spacial score (nSPS) is 14.2. The Morgan fingerprint density at radius 3 is 2.13 bits per heavy atom. The molecule has 0 aliphatic heterocycles. The lowest BCUT2D eigenvalue weighted by Gasteiger charge is -2.29. The van der Waals surface area contributed by atoms with Crippen molar-refractivity contribution >= 4 is 21.5 Å². The third-order valence-corrected chi connectivity index (χ3v) is 7.42. The van der Waals surface area contributed by atoms with Crippen LogP contribution in [-0.2, 0) is 31.5 Å². The molecule has 0 bridgehead atoms. The molecular formula is C25H22F7NO4S. The van der Waals surface area contributed by atoms with Crippen molar-refractivity contribution in [3.8, 4) is 11.1 Å². The highest BCUT2D eigenvalue weighted by molar-refractivity contribution is 7.90. The molecule has 0 N–H and O–H groups in total. The van der Waals surface area contributed by atoms with Gasteiger partial charge in [0.1, 0.15) is 12.3 Å². The Hall–Kier alpha value is -3.22. The van der Waals surface area contributed by atoms with Crippen LogP contribution in [0.5, 0.6) is 0 Å². The van der Waals surface area contributed by atoms with Gasteiger partial charge in [0.25, 0.3) is 0 Å². The molecule has 0 fully saturated rings. The largest absolute Gasteiger partial charge is 0.461 e. The lowest BCUT2D eigenvalue weighted by molar-refractivity contribution is -0.336. The van der Waals surface area contributed by atoms with Gasteiger partial charge >= 0.3 is 24.0 Å². The van der Waals surface area contributed by atoms with Gasteiger partial charge in [-0.15, -0.1) is 0 Å². The number of halogens is 7. The van der Waals surface area contributed by atoms with Gasteiger partial charge in [-0.2, -0.15) is 30.7 Å². The van der Waals surface area contributed by atoms with Crippen molar-refractivity contribution in [2.75, 3.05) is 19.4 Å². The van der Waals surface area contributed by atoms with Crippen molar-refractivity contribution < 1.29 is 48.7 Å². The number of hydrogen-bond donors (Lipinski definition) is 0. The number of hydrogen-bond acceptors (Lipinski definition) is 5. The highest BCUT2D eigenvalue weighted by Gasteiger charge is 2.74. The molecule has 0 atom stereocenters. The van der Waals surface area contributed by atoms with Crippen LogP contribution >= 0.6 is 0 Å². The van der Waals surface area contributed by atoms with Crippen LogP contribution < -0.4 is 0 Å². The van der Waals surface area contributed by atoms with Crippen molar-refractivity contribution in [3.05, 3.63) is 70.8 Å². The Bertz CT molecular complexity index is 1410. The van der Waals surface area contributed by atoms with Crippen LogP contribution in [0.25, 0.3) is 11.1 Å². The van der Waals surface area contributed by atoms with Crippen molar-refractivity contribution in [1.29, 1.82) is 0 Å². The zero-order valence-corrected chi connectivity index (χ0v) is 21.0. The Morgan fingerprint density at radius 1 is 1.00 bits per heavy atom. The van der Waals surface area contributed by atoms with Gasteiger partial charge < -0.3 is 4.74 Å². The molecule has 2 aromatic carbocycles. The molecule has 0 radical (unpaired) electrons. The average Bonchev–Trinajstić information content (AvgIpc) is 3.15. The van der Waals surface area contributed by atoms with Crippen molar-refractivity contribution in [2.45, 2.75) is 37.1 Å². The standard InChI is InChI=1S/C25H22F7NO4S/c1-14(2)22(34)37-8-9-38(35,36)13-15-4-5-16-11-17-6-7-18(12-20(17)19(16)10-15)21(33-3)23(26,27)24(28,29)25(30,31)32/h4-7,10,12H,1,8-9,11,13H2,2-3H3. The van der Waals surface area contributed by atoms with E-state index in [4.69, 9.17) is 4.74 Å². The number of nitrogens with zero attached hydrogens (tertiary/aromatic N) is 1. The number of alkyl halides is 7. The molecule has 0 saturated heterocycles. The Balaban J connectivity index is 1.90. The predicted molar refractivity (Wildman–Crippen MR) is 126 cm³/mol. The SMILES string of the molecule is C=C(C)C(=O)OCCS(=O)(=O)Cc1ccc2c(c1)-c1cc(C(=NC)C(F)(F)C(F)(F)C(F)(F)F)ccc1C2. The fraction of sp³-hybridized carbons (Fsp3) is 0.360. The van der Waals surface area contributed by atoms with Gasteiger partial charge in [0.05, 0.1) is 11.5 Å². The number of aliphatic imine (C=N–C) groups is 1. The third kappa shape index (κ3) is 5.62. The van der Waals surface area contributed by atoms with E-state index in [-0.39, 0.29) is 17.7 Å². The second kappa shape index (κ2) is 10.2. The lowest BCUT2D eigenvalue weighted by Crippen LogP contribution is -2.56. The molecular weight excluding hydrogens is 543 g/mol. The van der Waals surface area contributed by atoms with E-state index in [1.807, 2.05) is 0 Å². The number of fused-ring (bicyclic) bond motifs is 3. The van der Waals surface area contributed by atoms with E-state index in [1.165, 1.54) is 19.1 Å². The number of carbonyl (C=O) groups excluding carboxylic acids is 1. The summed E-state index contributed by atoms with van der Waals surface area (Å²) in [4.78, 5) is 14.5. The molecule has 3 rings (SSSR count). The number of carbonyl (C=O) groups is 1. The van der Waals surface area contributed by atoms with E-state index in [1.54, 1.807) is 12.1 Å². The molecule has 0 amide bonds. The van der Waals surface area contributed by atoms with Gasteiger partial charge in [0.15, 0.2) is 9.84 Å². The van der Waals surface area contributed by atoms with Gasteiger partial charge in [-0.1, -0.05) is 30.8 Å². The molecule has 5 nitrogen and oxygen atoms in total. The molecule has 0 aromatic heterocycles. The topological polar surface area (TPSA) is 72.8 Å². The fourth-order valence-electron chi connectivity index (χ4n) is 3.94. The smallest absolute Gasteiger partial charge is 0.460 e. The summed E-state index contributed by atoms with van der Waals surface area (Å²) in [5.74, 6) is -13.7. The molecule has 0 heterocycles. The molecule has 13 heteroatoms. The highest BCUT2D eigenvalue weighted by Crippen LogP contribution is 2.48. The molecule has 0 saturated carbocycles. The maximum Gasteiger partial charge on any atom is 0.460 e. The van der Waals surface area contributed by atoms with Gasteiger partial charge in [-0.3, -0.25) is 4.99 Å². The monoisotopic (exact) mass is 565 g/mol. The van der Waals surface area contributed by atoms with E-state index in [9.17, 15) is 43.9 Å². The first-order chi connectivity index (χ1) is 17.4. The Kier molecular flexibility index (Phi) is 7.84. The highest BCUT2D eigenvalue weighted by atomic mass is 32.2. The van der Waals surface area contributed by atoms with Gasteiger partial charge in [-0.25, -0.2) is 13.2 Å². The second-order valence-corrected chi connectivity index (χ2v) is 11.0. The maximum absolute atomic E-state index is 14.4. The minimum absolute atomic E-state index is 0.107. The zero-order chi connectivity index (χ0) is 28.7. The first-order valence-electron chi connectivity index (χ1n) is 11.0. The summed E-state index contributed by atoms with van der Waals surface area (Å²) in [5, 5.41) is 0. The third-order valence-electron chi connectivity index (χ3n) is 5.86. The van der Waals surface area contributed by atoms with E-state index in [0.717, 1.165) is 12.1 Å². The Morgan fingerprint density at radius 2 is 1.58 bits per heavy atom. The van der Waals surface area contributed by atoms with Crippen molar-refractivity contribution in [3.63, 3.8) is 0 Å². The van der Waals surface area contributed by atoms with Crippen molar-refractivity contribution in [2.24, 2.45) is 4.99 Å². The van der Waals surface area contributed by atoms with Crippen molar-refractivity contribution in [1.82, 2.24) is 0 Å². The number of ether oxygens (including phenoxy) is 1. The number of rotatable bonds is 9. The quantitative estimate of drug-likeness (QED) is 0.148. The van der Waals surface area contributed by atoms with E-state index >= 15 is 0 Å². The first-order valence-corrected chi connectivity index (χ1v) is 12.8. The summed E-state index contributed by atoms with van der Waals surface area (Å²) < 4.78 is 124. The number of esters is 1.